The zero-order valence-corrected chi connectivity index (χ0v) is 22.8. The van der Waals surface area contributed by atoms with Crippen molar-refractivity contribution in [1.82, 2.24) is 9.97 Å². The largest absolute Gasteiger partial charge is 0.494 e. The average molecular weight is 519 g/mol. The molecule has 7 heteroatoms. The molecule has 0 atom stereocenters. The predicted octanol–water partition coefficient (Wildman–Crippen LogP) is 7.34. The molecule has 2 heterocycles. The molecule has 0 unspecified atom stereocenters. The van der Waals surface area contributed by atoms with Crippen LogP contribution in [0.3, 0.4) is 0 Å². The lowest BCUT2D eigenvalue weighted by molar-refractivity contribution is 0.0525. The Kier molecular flexibility index (Phi) is 7.76. The molecular formula is C31H35FN2O4. The number of aromatic hydroxyl groups is 1. The van der Waals surface area contributed by atoms with Crippen molar-refractivity contribution in [1.29, 1.82) is 0 Å². The summed E-state index contributed by atoms with van der Waals surface area (Å²) >= 11 is 0. The van der Waals surface area contributed by atoms with E-state index < -0.39 is 5.97 Å². The maximum absolute atomic E-state index is 13.5. The van der Waals surface area contributed by atoms with Gasteiger partial charge < -0.3 is 19.6 Å². The summed E-state index contributed by atoms with van der Waals surface area (Å²) in [6.07, 6.45) is 0.980. The van der Waals surface area contributed by atoms with Crippen molar-refractivity contribution in [3.05, 3.63) is 76.9 Å². The van der Waals surface area contributed by atoms with E-state index in [1.54, 1.807) is 19.1 Å². The maximum atomic E-state index is 13.5. The van der Waals surface area contributed by atoms with Crippen molar-refractivity contribution in [2.75, 3.05) is 6.61 Å². The van der Waals surface area contributed by atoms with Gasteiger partial charge in [-0.2, -0.15) is 0 Å². The van der Waals surface area contributed by atoms with Gasteiger partial charge in [0.2, 0.25) is 0 Å². The number of rotatable bonds is 8. The first-order chi connectivity index (χ1) is 18.0. The lowest BCUT2D eigenvalue weighted by Gasteiger charge is -2.21. The molecule has 0 saturated carbocycles. The van der Waals surface area contributed by atoms with Gasteiger partial charge in [0, 0.05) is 11.3 Å². The van der Waals surface area contributed by atoms with E-state index in [0.29, 0.717) is 46.3 Å². The van der Waals surface area contributed by atoms with Gasteiger partial charge in [-0.25, -0.2) is 14.2 Å². The molecule has 0 aliphatic heterocycles. The number of aromatic amines is 1. The standard InChI is InChI=1S/C31H35FN2O4/c1-7-37-30(36)25-23(17-10-19-8-13-21(32)14-9-19)33-28-26(29(35)34-27(28)18(2)3)24(25)20-11-15-22(16-12-20)38-31(4,5)6/h8-9,11-16,18,34-35H,7,10,17H2,1-6H3. The van der Waals surface area contributed by atoms with Crippen LogP contribution in [-0.4, -0.2) is 33.3 Å². The Labute approximate surface area is 222 Å². The van der Waals surface area contributed by atoms with E-state index in [0.717, 1.165) is 16.8 Å². The number of aryl methyl sites for hydroxylation is 2. The highest BCUT2D eigenvalue weighted by Gasteiger charge is 2.28. The lowest BCUT2D eigenvalue weighted by atomic mass is 9.92. The van der Waals surface area contributed by atoms with E-state index >= 15 is 0 Å². The number of nitrogens with one attached hydrogen (secondary N) is 1. The Morgan fingerprint density at radius 3 is 2.29 bits per heavy atom. The molecule has 0 aliphatic rings. The number of fused-ring (bicyclic) bond motifs is 1. The number of esters is 1. The van der Waals surface area contributed by atoms with Crippen LogP contribution in [-0.2, 0) is 17.6 Å². The first-order valence-corrected chi connectivity index (χ1v) is 13.0. The Bertz CT molecular complexity index is 1430. The second kappa shape index (κ2) is 10.9. The fourth-order valence-corrected chi connectivity index (χ4v) is 4.58. The van der Waals surface area contributed by atoms with Crippen molar-refractivity contribution in [3.63, 3.8) is 0 Å². The minimum atomic E-state index is -0.507. The third-order valence-electron chi connectivity index (χ3n) is 6.20. The van der Waals surface area contributed by atoms with Gasteiger partial charge in [0.15, 0.2) is 5.88 Å². The van der Waals surface area contributed by atoms with Gasteiger partial charge in [-0.1, -0.05) is 38.1 Å². The molecule has 2 aromatic carbocycles. The van der Waals surface area contributed by atoms with Gasteiger partial charge in [-0.15, -0.1) is 0 Å². The molecule has 0 spiro atoms. The monoisotopic (exact) mass is 518 g/mol. The molecule has 38 heavy (non-hydrogen) atoms. The summed E-state index contributed by atoms with van der Waals surface area (Å²) in [5, 5.41) is 11.5. The van der Waals surface area contributed by atoms with E-state index in [9.17, 15) is 14.3 Å². The smallest absolute Gasteiger partial charge is 0.340 e. The van der Waals surface area contributed by atoms with Crippen LogP contribution in [0.2, 0.25) is 0 Å². The molecule has 4 rings (SSSR count). The third-order valence-corrected chi connectivity index (χ3v) is 6.20. The lowest BCUT2D eigenvalue weighted by Crippen LogP contribution is -2.22. The first kappa shape index (κ1) is 27.2. The molecule has 200 valence electrons. The number of carbonyl (C=O) groups excluding carboxylic acids is 1. The number of halogens is 1. The number of nitrogens with zero attached hydrogens (tertiary/aromatic N) is 1. The van der Waals surface area contributed by atoms with Gasteiger partial charge in [0.25, 0.3) is 0 Å². The summed E-state index contributed by atoms with van der Waals surface area (Å²) in [6, 6.07) is 13.8. The van der Waals surface area contributed by atoms with Gasteiger partial charge in [-0.3, -0.25) is 0 Å². The normalized spacial score (nSPS) is 11.8. The van der Waals surface area contributed by atoms with Gasteiger partial charge >= 0.3 is 5.97 Å². The summed E-state index contributed by atoms with van der Waals surface area (Å²) in [7, 11) is 0. The zero-order chi connectivity index (χ0) is 27.6. The molecule has 0 radical (unpaired) electrons. The Morgan fingerprint density at radius 1 is 1.05 bits per heavy atom. The van der Waals surface area contributed by atoms with Crippen molar-refractivity contribution >= 4 is 16.9 Å². The summed E-state index contributed by atoms with van der Waals surface area (Å²) in [5.41, 5.74) is 4.13. The minimum absolute atomic E-state index is 0.0446. The molecule has 6 nitrogen and oxygen atoms in total. The number of hydrogen-bond donors (Lipinski definition) is 2. The van der Waals surface area contributed by atoms with Crippen LogP contribution in [0.25, 0.3) is 22.0 Å². The SMILES string of the molecule is CCOC(=O)c1c(CCc2ccc(F)cc2)nc2c(C(C)C)[nH]c(O)c2c1-c1ccc(OC(C)(C)C)cc1. The molecule has 4 aromatic rings. The number of hydrogen-bond acceptors (Lipinski definition) is 5. The number of aromatic nitrogens is 2. The number of pyridine rings is 1. The molecule has 2 aromatic heterocycles. The number of carbonyl (C=O) groups is 1. The Morgan fingerprint density at radius 2 is 1.71 bits per heavy atom. The van der Waals surface area contributed by atoms with Crippen LogP contribution >= 0.6 is 0 Å². The van der Waals surface area contributed by atoms with Crippen LogP contribution in [0.4, 0.5) is 4.39 Å². The van der Waals surface area contributed by atoms with E-state index in [1.807, 2.05) is 58.9 Å². The molecule has 0 amide bonds. The third kappa shape index (κ3) is 5.82. The average Bonchev–Trinajstić information content (AvgIpc) is 3.19. The second-order valence-corrected chi connectivity index (χ2v) is 10.7. The Hall–Kier alpha value is -3.87. The van der Waals surface area contributed by atoms with E-state index in [-0.39, 0.29) is 29.8 Å². The highest BCUT2D eigenvalue weighted by molar-refractivity contribution is 6.10. The zero-order valence-electron chi connectivity index (χ0n) is 22.8. The fourth-order valence-electron chi connectivity index (χ4n) is 4.58. The number of benzene rings is 2. The molecule has 0 bridgehead atoms. The second-order valence-electron chi connectivity index (χ2n) is 10.7. The van der Waals surface area contributed by atoms with E-state index in [4.69, 9.17) is 14.5 Å². The molecule has 0 fully saturated rings. The van der Waals surface area contributed by atoms with Crippen molar-refractivity contribution in [2.24, 2.45) is 0 Å². The van der Waals surface area contributed by atoms with Crippen molar-refractivity contribution < 1.29 is 23.8 Å². The fraction of sp³-hybridized carbons (Fsp3) is 0.355. The summed E-state index contributed by atoms with van der Waals surface area (Å²) in [6.45, 7) is 11.9. The highest BCUT2D eigenvalue weighted by Crippen LogP contribution is 2.42. The number of ether oxygens (including phenoxy) is 2. The van der Waals surface area contributed by atoms with Crippen LogP contribution in [0.5, 0.6) is 11.6 Å². The number of H-pyrrole nitrogens is 1. The molecule has 0 aliphatic carbocycles. The molecule has 2 N–H and O–H groups in total. The van der Waals surface area contributed by atoms with Crippen LogP contribution in [0, 0.1) is 5.82 Å². The molecular weight excluding hydrogens is 483 g/mol. The highest BCUT2D eigenvalue weighted by atomic mass is 19.1. The van der Waals surface area contributed by atoms with Crippen LogP contribution in [0.15, 0.2) is 48.5 Å². The summed E-state index contributed by atoms with van der Waals surface area (Å²) in [5.74, 6) is -0.0998. The summed E-state index contributed by atoms with van der Waals surface area (Å²) in [4.78, 5) is 21.4. The van der Waals surface area contributed by atoms with E-state index in [1.165, 1.54) is 12.1 Å². The summed E-state index contributed by atoms with van der Waals surface area (Å²) < 4.78 is 24.9. The van der Waals surface area contributed by atoms with Crippen molar-refractivity contribution in [3.8, 4) is 22.8 Å². The predicted molar refractivity (Wildman–Crippen MR) is 147 cm³/mol. The van der Waals surface area contributed by atoms with E-state index in [2.05, 4.69) is 4.98 Å². The quantitative estimate of drug-likeness (QED) is 0.239. The van der Waals surface area contributed by atoms with Crippen LogP contribution in [0.1, 0.15) is 74.8 Å². The Balaban J connectivity index is 1.94. The van der Waals surface area contributed by atoms with Gasteiger partial charge in [0.05, 0.1) is 28.8 Å². The minimum Gasteiger partial charge on any atom is -0.494 e. The maximum Gasteiger partial charge on any atom is 0.340 e. The molecule has 0 saturated heterocycles. The van der Waals surface area contributed by atoms with Gasteiger partial charge in [0.1, 0.15) is 17.2 Å². The van der Waals surface area contributed by atoms with Crippen LogP contribution < -0.4 is 4.74 Å². The van der Waals surface area contributed by atoms with Gasteiger partial charge in [-0.05, 0) is 81.8 Å². The first-order valence-electron chi connectivity index (χ1n) is 13.0. The van der Waals surface area contributed by atoms with Crippen molar-refractivity contribution in [2.45, 2.75) is 65.9 Å². The topological polar surface area (TPSA) is 84.4 Å².